The lowest BCUT2D eigenvalue weighted by Gasteiger charge is -2.35. The van der Waals surface area contributed by atoms with Gasteiger partial charge in [0.2, 0.25) is 5.91 Å². The average molecular weight is 593 g/mol. The Balaban J connectivity index is 1.66. The van der Waals surface area contributed by atoms with E-state index in [1.165, 1.54) is 5.56 Å². The summed E-state index contributed by atoms with van der Waals surface area (Å²) in [6.45, 7) is 11.8. The average Bonchev–Trinajstić information content (AvgIpc) is 3.52. The van der Waals surface area contributed by atoms with E-state index in [0.29, 0.717) is 19.7 Å². The molecule has 236 valence electrons. The number of likely N-dealkylation sites (tertiary alicyclic amines) is 1. The van der Waals surface area contributed by atoms with Crippen molar-refractivity contribution >= 4 is 17.6 Å². The van der Waals surface area contributed by atoms with E-state index in [9.17, 15) is 14.7 Å². The van der Waals surface area contributed by atoms with Gasteiger partial charge in [-0.3, -0.25) is 14.5 Å². The van der Waals surface area contributed by atoms with E-state index in [4.69, 9.17) is 4.74 Å². The number of benzene rings is 2. The first-order valence-corrected chi connectivity index (χ1v) is 16.2. The van der Waals surface area contributed by atoms with Crippen LogP contribution in [0.1, 0.15) is 82.4 Å². The highest BCUT2D eigenvalue weighted by Crippen LogP contribution is 2.44. The fraction of sp³-hybridized carbons (Fsp3) is 0.611. The van der Waals surface area contributed by atoms with E-state index in [2.05, 4.69) is 71.9 Å². The number of nitrogens with zero attached hydrogens (tertiary/aromatic N) is 3. The number of carbonyl (C=O) groups is 2. The molecule has 43 heavy (non-hydrogen) atoms. The molecule has 7 heteroatoms. The Morgan fingerprint density at radius 2 is 1.86 bits per heavy atom. The molecule has 2 aromatic carbocycles. The van der Waals surface area contributed by atoms with Crippen molar-refractivity contribution in [1.82, 2.24) is 4.90 Å². The Morgan fingerprint density at radius 1 is 1.09 bits per heavy atom. The molecular formula is C36H54N3O4+. The van der Waals surface area contributed by atoms with Gasteiger partial charge in [0.05, 0.1) is 40.2 Å². The Bertz CT molecular complexity index is 1270. The molecule has 1 fully saturated rings. The number of unbranched alkanes of at least 4 members (excludes halogenated alkanes) is 1. The van der Waals surface area contributed by atoms with Crippen LogP contribution in [0.2, 0.25) is 0 Å². The summed E-state index contributed by atoms with van der Waals surface area (Å²) in [5.74, 6) is -0.594. The monoisotopic (exact) mass is 592 g/mol. The lowest BCUT2D eigenvalue weighted by atomic mass is 9.76. The highest BCUT2D eigenvalue weighted by molar-refractivity contribution is 5.95. The molecule has 2 aliphatic rings. The first-order valence-electron chi connectivity index (χ1n) is 16.2. The summed E-state index contributed by atoms with van der Waals surface area (Å²) in [5, 5.41) is 10.7. The maximum Gasteiger partial charge on any atom is 0.308 e. The first kappa shape index (κ1) is 33.0. The summed E-state index contributed by atoms with van der Waals surface area (Å²) >= 11 is 0. The number of hydrogen-bond acceptors (Lipinski definition) is 4. The Kier molecular flexibility index (Phi) is 10.6. The van der Waals surface area contributed by atoms with Gasteiger partial charge in [0.25, 0.3) is 0 Å². The minimum Gasteiger partial charge on any atom is -0.493 e. The van der Waals surface area contributed by atoms with Crippen molar-refractivity contribution in [2.45, 2.75) is 84.7 Å². The van der Waals surface area contributed by atoms with Gasteiger partial charge in [-0.25, -0.2) is 0 Å². The van der Waals surface area contributed by atoms with Gasteiger partial charge >= 0.3 is 5.97 Å². The number of anilines is 1. The molecule has 2 aliphatic heterocycles. The van der Waals surface area contributed by atoms with Crippen LogP contribution in [0.25, 0.3) is 0 Å². The number of carboxylic acids is 1. The van der Waals surface area contributed by atoms with Crippen LogP contribution < -0.4 is 9.64 Å². The minimum absolute atomic E-state index is 0.0312. The van der Waals surface area contributed by atoms with Gasteiger partial charge in [-0.05, 0) is 54.0 Å². The molecular weight excluding hydrogens is 538 g/mol. The van der Waals surface area contributed by atoms with E-state index in [1.807, 2.05) is 29.2 Å². The van der Waals surface area contributed by atoms with Crippen LogP contribution in [0.5, 0.6) is 5.75 Å². The molecule has 0 aromatic heterocycles. The van der Waals surface area contributed by atoms with Gasteiger partial charge < -0.3 is 19.2 Å². The lowest BCUT2D eigenvalue weighted by molar-refractivity contribution is -0.884. The van der Waals surface area contributed by atoms with Gasteiger partial charge in [-0.2, -0.15) is 0 Å². The summed E-state index contributed by atoms with van der Waals surface area (Å²) in [6, 6.07) is 14.3. The second kappa shape index (κ2) is 13.8. The molecule has 2 heterocycles. The molecule has 0 saturated carbocycles. The molecule has 0 bridgehead atoms. The van der Waals surface area contributed by atoms with Gasteiger partial charge in [0.1, 0.15) is 12.3 Å². The second-order valence-corrected chi connectivity index (χ2v) is 14.6. The van der Waals surface area contributed by atoms with Crippen molar-refractivity contribution in [3.8, 4) is 5.75 Å². The molecule has 2 aromatic rings. The zero-order valence-corrected chi connectivity index (χ0v) is 27.6. The summed E-state index contributed by atoms with van der Waals surface area (Å²) in [4.78, 5) is 31.4. The van der Waals surface area contributed by atoms with E-state index in [-0.39, 0.29) is 29.8 Å². The van der Waals surface area contributed by atoms with Crippen molar-refractivity contribution < 1.29 is 23.9 Å². The zero-order valence-electron chi connectivity index (χ0n) is 27.6. The lowest BCUT2D eigenvalue weighted by Crippen LogP contribution is -2.46. The Labute approximate surface area is 259 Å². The predicted molar refractivity (Wildman–Crippen MR) is 174 cm³/mol. The predicted octanol–water partition coefficient (Wildman–Crippen LogP) is 6.35. The molecule has 0 unspecified atom stereocenters. The van der Waals surface area contributed by atoms with Gasteiger partial charge in [0.15, 0.2) is 0 Å². The maximum absolute atomic E-state index is 14.2. The van der Waals surface area contributed by atoms with Crippen molar-refractivity contribution in [1.29, 1.82) is 0 Å². The van der Waals surface area contributed by atoms with Crippen molar-refractivity contribution in [3.63, 3.8) is 0 Å². The quantitative estimate of drug-likeness (QED) is 0.259. The normalized spacial score (nSPS) is 20.6. The fourth-order valence-electron chi connectivity index (χ4n) is 7.21. The maximum atomic E-state index is 14.2. The number of hydrogen-bond donors (Lipinski definition) is 1. The largest absolute Gasteiger partial charge is 0.493 e. The highest BCUT2D eigenvalue weighted by atomic mass is 16.5. The van der Waals surface area contributed by atoms with E-state index >= 15 is 0 Å². The van der Waals surface area contributed by atoms with Gasteiger partial charge in [-0.15, -0.1) is 0 Å². The second-order valence-electron chi connectivity index (χ2n) is 14.6. The number of amides is 1. The number of carboxylic acid groups (broad SMARTS) is 1. The molecule has 0 aliphatic carbocycles. The number of ether oxygens (including phenoxy) is 1. The van der Waals surface area contributed by atoms with E-state index in [0.717, 1.165) is 72.1 Å². The topological polar surface area (TPSA) is 70.1 Å². The van der Waals surface area contributed by atoms with Crippen LogP contribution in [-0.4, -0.2) is 79.8 Å². The molecule has 7 nitrogen and oxygen atoms in total. The van der Waals surface area contributed by atoms with E-state index in [1.54, 1.807) is 0 Å². The molecule has 4 rings (SSSR count). The SMILES string of the molecule is CCCCN(C(=O)CN1C[C@H](c2ccc3c(c2)CCO3)[C@@H](C(=O)O)[C@@H]1CC(C)(C)CCC)c1cccc(C[N+](C)(C)C)c1. The molecule has 1 saturated heterocycles. The molecule has 1 amide bonds. The minimum atomic E-state index is -0.773. The Morgan fingerprint density at radius 3 is 2.53 bits per heavy atom. The zero-order chi connectivity index (χ0) is 31.4. The van der Waals surface area contributed by atoms with Crippen LogP contribution in [-0.2, 0) is 22.6 Å². The number of rotatable bonds is 14. The van der Waals surface area contributed by atoms with Crippen LogP contribution in [0.15, 0.2) is 42.5 Å². The van der Waals surface area contributed by atoms with Crippen LogP contribution in [0, 0.1) is 11.3 Å². The van der Waals surface area contributed by atoms with Gasteiger partial charge in [-0.1, -0.05) is 64.8 Å². The first-order chi connectivity index (χ1) is 20.3. The van der Waals surface area contributed by atoms with Crippen LogP contribution in [0.3, 0.4) is 0 Å². The highest BCUT2D eigenvalue weighted by Gasteiger charge is 2.49. The summed E-state index contributed by atoms with van der Waals surface area (Å²) in [5.41, 5.74) is 4.29. The molecule has 1 N–H and O–H groups in total. The van der Waals surface area contributed by atoms with Crippen molar-refractivity contribution in [2.75, 3.05) is 52.3 Å². The summed E-state index contributed by atoms with van der Waals surface area (Å²) in [7, 11) is 6.51. The molecule has 0 spiro atoms. The van der Waals surface area contributed by atoms with Crippen LogP contribution in [0.4, 0.5) is 5.69 Å². The summed E-state index contributed by atoms with van der Waals surface area (Å²) < 4.78 is 6.54. The van der Waals surface area contributed by atoms with Gasteiger partial charge in [0, 0.05) is 42.7 Å². The number of quaternary nitrogens is 1. The van der Waals surface area contributed by atoms with Crippen LogP contribution >= 0.6 is 0 Å². The van der Waals surface area contributed by atoms with E-state index < -0.39 is 11.9 Å². The number of aliphatic carboxylic acids is 1. The molecule has 3 atom stereocenters. The van der Waals surface area contributed by atoms with Crippen molar-refractivity contribution in [2.24, 2.45) is 11.3 Å². The summed E-state index contributed by atoms with van der Waals surface area (Å²) in [6.07, 6.45) is 5.55. The smallest absolute Gasteiger partial charge is 0.308 e. The third-order valence-electron chi connectivity index (χ3n) is 9.12. The third-order valence-corrected chi connectivity index (χ3v) is 9.12. The standard InChI is InChI=1S/C36H53N3O4/c1-8-10-18-38(29-13-11-12-26(20-29)25-39(5,6)7)33(40)24-37-23-30(27-14-15-32-28(21-27)16-19-43-32)34(35(41)42)31(37)22-36(3,4)17-9-2/h11-15,20-21,30-31,34H,8-10,16-19,22-25H2,1-7H3/p+1/t30-,31+,34-/m1/s1. The molecule has 0 radical (unpaired) electrons. The third kappa shape index (κ3) is 8.39. The number of fused-ring (bicyclic) bond motifs is 1. The Hall–Kier alpha value is -2.90. The fourth-order valence-corrected chi connectivity index (χ4v) is 7.21. The van der Waals surface area contributed by atoms with Crippen molar-refractivity contribution in [3.05, 3.63) is 59.2 Å². The number of carbonyl (C=O) groups excluding carboxylic acids is 1.